The number of benzene rings is 1. The van der Waals surface area contributed by atoms with Gasteiger partial charge in [0.25, 0.3) is 0 Å². The molecule has 6 nitrogen and oxygen atoms in total. The van der Waals surface area contributed by atoms with Crippen LogP contribution in [0.3, 0.4) is 0 Å². The third-order valence-electron chi connectivity index (χ3n) is 4.77. The smallest absolute Gasteiger partial charge is 0.321 e. The van der Waals surface area contributed by atoms with Crippen LogP contribution in [0.15, 0.2) is 30.5 Å². The van der Waals surface area contributed by atoms with Gasteiger partial charge in [-0.1, -0.05) is 0 Å². The Morgan fingerprint density at radius 2 is 2.16 bits per heavy atom. The summed E-state index contributed by atoms with van der Waals surface area (Å²) in [5, 5.41) is 4.15. The molecule has 1 aliphatic rings. The molecule has 0 spiro atoms. The topological polar surface area (TPSA) is 55.7 Å². The third kappa shape index (κ3) is 4.32. The normalized spacial score (nSPS) is 17.8. The molecule has 0 aliphatic carbocycles. The summed E-state index contributed by atoms with van der Waals surface area (Å²) >= 11 is 0. The fourth-order valence-corrected chi connectivity index (χ4v) is 3.49. The number of amides is 2. The summed E-state index contributed by atoms with van der Waals surface area (Å²) in [6, 6.07) is 8.06. The first-order valence-corrected chi connectivity index (χ1v) is 8.84. The van der Waals surface area contributed by atoms with E-state index in [1.54, 1.807) is 14.2 Å². The second kappa shape index (κ2) is 8.36. The Morgan fingerprint density at radius 1 is 1.28 bits per heavy atom. The third-order valence-corrected chi connectivity index (χ3v) is 4.77. The summed E-state index contributed by atoms with van der Waals surface area (Å²) in [4.78, 5) is 14.4. The van der Waals surface area contributed by atoms with E-state index in [1.165, 1.54) is 0 Å². The summed E-state index contributed by atoms with van der Waals surface area (Å²) in [6.45, 7) is 3.78. The van der Waals surface area contributed by atoms with Crippen molar-refractivity contribution in [3.8, 4) is 0 Å². The number of rotatable bonds is 6. The lowest BCUT2D eigenvalue weighted by atomic mass is 9.99. The van der Waals surface area contributed by atoms with Crippen molar-refractivity contribution in [1.29, 1.82) is 0 Å². The second-order valence-corrected chi connectivity index (χ2v) is 6.62. The van der Waals surface area contributed by atoms with E-state index in [0.29, 0.717) is 19.1 Å². The maximum absolute atomic E-state index is 12.6. The van der Waals surface area contributed by atoms with Crippen molar-refractivity contribution < 1.29 is 14.3 Å². The first-order chi connectivity index (χ1) is 12.2. The molecule has 1 fully saturated rings. The predicted octanol–water partition coefficient (Wildman–Crippen LogP) is 3.18. The van der Waals surface area contributed by atoms with E-state index >= 15 is 0 Å². The first kappa shape index (κ1) is 17.8. The van der Waals surface area contributed by atoms with E-state index in [2.05, 4.69) is 22.1 Å². The van der Waals surface area contributed by atoms with Crippen molar-refractivity contribution in [3.63, 3.8) is 0 Å². The molecule has 1 aromatic heterocycles. The number of piperidine rings is 1. The summed E-state index contributed by atoms with van der Waals surface area (Å²) in [6.07, 6.45) is 4.21. The highest BCUT2D eigenvalue weighted by Crippen LogP contribution is 2.22. The molecule has 2 heterocycles. The molecule has 1 N–H and O–H groups in total. The van der Waals surface area contributed by atoms with Crippen LogP contribution in [0.4, 0.5) is 10.5 Å². The van der Waals surface area contributed by atoms with Crippen LogP contribution < -0.4 is 5.32 Å². The van der Waals surface area contributed by atoms with Crippen molar-refractivity contribution in [2.75, 3.05) is 45.8 Å². The monoisotopic (exact) mass is 345 g/mol. The number of fused-ring (bicyclic) bond motifs is 1. The molecule has 0 saturated carbocycles. The minimum Gasteiger partial charge on any atom is -0.384 e. The van der Waals surface area contributed by atoms with Crippen LogP contribution >= 0.6 is 0 Å². The Morgan fingerprint density at radius 3 is 2.96 bits per heavy atom. The number of urea groups is 1. The van der Waals surface area contributed by atoms with Gasteiger partial charge >= 0.3 is 6.03 Å². The maximum atomic E-state index is 12.6. The van der Waals surface area contributed by atoms with E-state index in [-0.39, 0.29) is 6.03 Å². The number of likely N-dealkylation sites (tertiary alicyclic amines) is 1. The van der Waals surface area contributed by atoms with Gasteiger partial charge in [-0.3, -0.25) is 0 Å². The van der Waals surface area contributed by atoms with Crippen LogP contribution in [0.2, 0.25) is 0 Å². The van der Waals surface area contributed by atoms with E-state index < -0.39 is 0 Å². The fraction of sp³-hybridized carbons (Fsp3) is 0.526. The molecule has 136 valence electrons. The number of hydrogen-bond donors (Lipinski definition) is 1. The van der Waals surface area contributed by atoms with Crippen LogP contribution in [0.25, 0.3) is 10.9 Å². The molecule has 2 amide bonds. The van der Waals surface area contributed by atoms with Gasteiger partial charge in [-0.05, 0) is 37.1 Å². The zero-order valence-corrected chi connectivity index (χ0v) is 15.0. The van der Waals surface area contributed by atoms with Gasteiger partial charge in [0.15, 0.2) is 0 Å². The van der Waals surface area contributed by atoms with E-state index in [4.69, 9.17) is 9.47 Å². The number of carbonyl (C=O) groups is 1. The summed E-state index contributed by atoms with van der Waals surface area (Å²) in [5.41, 5.74) is 1.98. The van der Waals surface area contributed by atoms with Crippen molar-refractivity contribution in [2.24, 2.45) is 5.92 Å². The average molecular weight is 345 g/mol. The van der Waals surface area contributed by atoms with Crippen molar-refractivity contribution in [1.82, 2.24) is 9.47 Å². The predicted molar refractivity (Wildman–Crippen MR) is 99.0 cm³/mol. The molecule has 3 rings (SSSR count). The quantitative estimate of drug-likeness (QED) is 0.875. The number of ether oxygens (including phenoxy) is 2. The molecule has 1 aliphatic heterocycles. The van der Waals surface area contributed by atoms with Gasteiger partial charge in [0, 0.05) is 62.6 Å². The molecule has 0 radical (unpaired) electrons. The molecule has 1 aromatic carbocycles. The number of hydrogen-bond acceptors (Lipinski definition) is 3. The van der Waals surface area contributed by atoms with Gasteiger partial charge < -0.3 is 24.3 Å². The largest absolute Gasteiger partial charge is 0.384 e. The number of nitrogens with one attached hydrogen (secondary N) is 1. The molecule has 1 saturated heterocycles. The Labute approximate surface area is 148 Å². The van der Waals surface area contributed by atoms with Crippen molar-refractivity contribution in [3.05, 3.63) is 30.5 Å². The lowest BCUT2D eigenvalue weighted by Gasteiger charge is -2.32. The van der Waals surface area contributed by atoms with Crippen LogP contribution in [0.1, 0.15) is 12.8 Å². The Balaban J connectivity index is 1.65. The van der Waals surface area contributed by atoms with Crippen LogP contribution in [0, 0.1) is 5.92 Å². The Hall–Kier alpha value is -2.05. The lowest BCUT2D eigenvalue weighted by molar-refractivity contribution is 0.104. The summed E-state index contributed by atoms with van der Waals surface area (Å²) in [7, 11) is 3.42. The van der Waals surface area contributed by atoms with Crippen LogP contribution in [-0.2, 0) is 16.0 Å². The maximum Gasteiger partial charge on any atom is 0.321 e. The van der Waals surface area contributed by atoms with Gasteiger partial charge in [0.2, 0.25) is 0 Å². The second-order valence-electron chi connectivity index (χ2n) is 6.62. The zero-order chi connectivity index (χ0) is 17.6. The minimum atomic E-state index is -0.0287. The molecular weight excluding hydrogens is 318 g/mol. The molecule has 2 aromatic rings. The Kier molecular flexibility index (Phi) is 5.94. The molecule has 0 unspecified atom stereocenters. The highest BCUT2D eigenvalue weighted by atomic mass is 16.5. The molecule has 6 heteroatoms. The lowest BCUT2D eigenvalue weighted by Crippen LogP contribution is -2.43. The SMILES string of the molecule is COCCn1ccc2cc(NC(=O)N3CCC[C@H](COC)C3)ccc21. The molecular formula is C19H27N3O3. The van der Waals surface area contributed by atoms with Crippen molar-refractivity contribution >= 4 is 22.6 Å². The number of anilines is 1. The molecule has 0 bridgehead atoms. The highest BCUT2D eigenvalue weighted by Gasteiger charge is 2.23. The first-order valence-electron chi connectivity index (χ1n) is 8.84. The number of nitrogens with zero attached hydrogens (tertiary/aromatic N) is 2. The molecule has 1 atom stereocenters. The average Bonchev–Trinajstić information content (AvgIpc) is 3.02. The molecule has 25 heavy (non-hydrogen) atoms. The van der Waals surface area contributed by atoms with E-state index in [0.717, 1.165) is 49.1 Å². The van der Waals surface area contributed by atoms with Crippen LogP contribution in [0.5, 0.6) is 0 Å². The number of aromatic nitrogens is 1. The van der Waals surface area contributed by atoms with E-state index in [9.17, 15) is 4.79 Å². The Bertz CT molecular complexity index is 711. The number of methoxy groups -OCH3 is 2. The van der Waals surface area contributed by atoms with E-state index in [1.807, 2.05) is 23.1 Å². The summed E-state index contributed by atoms with van der Waals surface area (Å²) in [5.74, 6) is 0.432. The minimum absolute atomic E-state index is 0.0287. The number of carbonyl (C=O) groups excluding carboxylic acids is 1. The van der Waals surface area contributed by atoms with Gasteiger partial charge in [0.05, 0.1) is 13.2 Å². The fourth-order valence-electron chi connectivity index (χ4n) is 3.49. The van der Waals surface area contributed by atoms with Gasteiger partial charge in [0.1, 0.15) is 0 Å². The van der Waals surface area contributed by atoms with Crippen LogP contribution in [-0.4, -0.2) is 56.0 Å². The highest BCUT2D eigenvalue weighted by molar-refractivity contribution is 5.93. The zero-order valence-electron chi connectivity index (χ0n) is 15.0. The standard InChI is InChI=1S/C19H27N3O3/c1-24-11-10-21-9-7-16-12-17(5-6-18(16)21)20-19(23)22-8-3-4-15(13-22)14-25-2/h5-7,9,12,15H,3-4,8,10-11,13-14H2,1-2H3,(H,20,23)/t15-/m0/s1. The van der Waals surface area contributed by atoms with Gasteiger partial charge in [-0.2, -0.15) is 0 Å². The van der Waals surface area contributed by atoms with Gasteiger partial charge in [-0.25, -0.2) is 4.79 Å². The van der Waals surface area contributed by atoms with Gasteiger partial charge in [-0.15, -0.1) is 0 Å². The van der Waals surface area contributed by atoms with Crippen molar-refractivity contribution in [2.45, 2.75) is 19.4 Å². The summed E-state index contributed by atoms with van der Waals surface area (Å²) < 4.78 is 12.5.